The van der Waals surface area contributed by atoms with Gasteiger partial charge >= 0.3 is 0 Å². The van der Waals surface area contributed by atoms with Crippen LogP contribution in [0.2, 0.25) is 0 Å². The van der Waals surface area contributed by atoms with E-state index < -0.39 is 0 Å². The molecule has 0 atom stereocenters. The summed E-state index contributed by atoms with van der Waals surface area (Å²) in [6.45, 7) is 7.08. The second-order valence-corrected chi connectivity index (χ2v) is 5.48. The number of anilines is 1. The predicted molar refractivity (Wildman–Crippen MR) is 67.9 cm³/mol. The third-order valence-electron chi connectivity index (χ3n) is 3.98. The number of piperidine rings is 1. The average Bonchev–Trinajstić information content (AvgIpc) is 2.27. The first-order valence-electron chi connectivity index (χ1n) is 6.30. The van der Waals surface area contributed by atoms with Crippen LogP contribution in [0.5, 0.6) is 0 Å². The summed E-state index contributed by atoms with van der Waals surface area (Å²) in [5, 5.41) is 3.53. The molecule has 2 aliphatic heterocycles. The predicted octanol–water partition coefficient (Wildman–Crippen LogP) is 2.18. The number of hydrogen-bond acceptors (Lipinski definition) is 2. The van der Waals surface area contributed by atoms with Crippen molar-refractivity contribution in [2.24, 2.45) is 5.41 Å². The lowest BCUT2D eigenvalue weighted by Crippen LogP contribution is -2.62. The van der Waals surface area contributed by atoms with E-state index in [-0.39, 0.29) is 0 Å². The van der Waals surface area contributed by atoms with Gasteiger partial charge in [0.15, 0.2) is 0 Å². The van der Waals surface area contributed by atoms with E-state index in [4.69, 9.17) is 0 Å². The molecule has 2 heteroatoms. The molecule has 2 saturated heterocycles. The monoisotopic (exact) mass is 216 g/mol. The largest absolute Gasteiger partial charge is 0.370 e. The van der Waals surface area contributed by atoms with Crippen molar-refractivity contribution in [1.82, 2.24) is 5.32 Å². The number of rotatable bonds is 1. The molecule has 1 aromatic carbocycles. The molecule has 0 aromatic heterocycles. The Balaban J connectivity index is 1.68. The average molecular weight is 216 g/mol. The quantitative estimate of drug-likeness (QED) is 0.774. The number of nitrogens with zero attached hydrogens (tertiary/aromatic N) is 1. The van der Waals surface area contributed by atoms with E-state index >= 15 is 0 Å². The molecule has 16 heavy (non-hydrogen) atoms. The van der Waals surface area contributed by atoms with Crippen LogP contribution in [0, 0.1) is 12.3 Å². The van der Waals surface area contributed by atoms with Gasteiger partial charge in [0.25, 0.3) is 0 Å². The highest BCUT2D eigenvalue weighted by Crippen LogP contribution is 2.39. The van der Waals surface area contributed by atoms with Crippen LogP contribution in [0.1, 0.15) is 18.4 Å². The second kappa shape index (κ2) is 3.77. The topological polar surface area (TPSA) is 15.3 Å². The molecule has 0 saturated carbocycles. The van der Waals surface area contributed by atoms with E-state index in [1.807, 2.05) is 0 Å². The molecule has 2 aliphatic rings. The van der Waals surface area contributed by atoms with E-state index in [2.05, 4.69) is 41.4 Å². The third-order valence-corrected chi connectivity index (χ3v) is 3.98. The summed E-state index contributed by atoms with van der Waals surface area (Å²) in [6.07, 6.45) is 2.75. The highest BCUT2D eigenvalue weighted by atomic mass is 15.2. The maximum absolute atomic E-state index is 3.53. The summed E-state index contributed by atoms with van der Waals surface area (Å²) in [5.74, 6) is 0. The summed E-state index contributed by atoms with van der Waals surface area (Å²) in [5.41, 5.74) is 3.35. The van der Waals surface area contributed by atoms with E-state index in [1.165, 1.54) is 50.3 Å². The zero-order chi connectivity index (χ0) is 11.0. The number of nitrogens with one attached hydrogen (secondary N) is 1. The minimum absolute atomic E-state index is 0.585. The molecule has 0 radical (unpaired) electrons. The van der Waals surface area contributed by atoms with Gasteiger partial charge < -0.3 is 10.2 Å². The van der Waals surface area contributed by atoms with Crippen molar-refractivity contribution in [2.75, 3.05) is 31.1 Å². The minimum atomic E-state index is 0.585. The molecule has 86 valence electrons. The van der Waals surface area contributed by atoms with Gasteiger partial charge in [-0.05, 0) is 44.0 Å². The second-order valence-electron chi connectivity index (χ2n) is 5.48. The summed E-state index contributed by atoms with van der Waals surface area (Å²) in [6, 6.07) is 8.86. The molecule has 1 aromatic rings. The molecule has 2 fully saturated rings. The summed E-state index contributed by atoms with van der Waals surface area (Å²) in [7, 11) is 0. The summed E-state index contributed by atoms with van der Waals surface area (Å²) < 4.78 is 0. The third kappa shape index (κ3) is 1.71. The van der Waals surface area contributed by atoms with Crippen LogP contribution in [0.3, 0.4) is 0 Å². The molecule has 0 aliphatic carbocycles. The number of aryl methyl sites for hydroxylation is 1. The van der Waals surface area contributed by atoms with Crippen LogP contribution >= 0.6 is 0 Å². The van der Waals surface area contributed by atoms with Gasteiger partial charge in [0.05, 0.1) is 0 Å². The van der Waals surface area contributed by atoms with Gasteiger partial charge in [0, 0.05) is 30.7 Å². The maximum atomic E-state index is 3.53. The zero-order valence-electron chi connectivity index (χ0n) is 10.00. The first-order valence-corrected chi connectivity index (χ1v) is 6.30. The Bertz CT molecular complexity index is 372. The highest BCUT2D eigenvalue weighted by Gasteiger charge is 2.43. The van der Waals surface area contributed by atoms with Crippen molar-refractivity contribution in [3.05, 3.63) is 29.8 Å². The van der Waals surface area contributed by atoms with Gasteiger partial charge in [-0.3, -0.25) is 0 Å². The molecule has 0 bridgehead atoms. The summed E-state index contributed by atoms with van der Waals surface area (Å²) in [4.78, 5) is 2.51. The van der Waals surface area contributed by atoms with E-state index in [9.17, 15) is 0 Å². The summed E-state index contributed by atoms with van der Waals surface area (Å²) >= 11 is 0. The minimum Gasteiger partial charge on any atom is -0.370 e. The highest BCUT2D eigenvalue weighted by molar-refractivity contribution is 5.51. The van der Waals surface area contributed by atoms with E-state index in [1.54, 1.807) is 0 Å². The molecule has 0 amide bonds. The van der Waals surface area contributed by atoms with Gasteiger partial charge in [-0.15, -0.1) is 0 Å². The standard InChI is InChI=1S/C14H20N2/c1-12-4-2-5-13(8-12)16-10-14(11-16)6-3-7-15-9-14/h2,4-5,8,15H,3,6-7,9-11H2,1H3. The fraction of sp³-hybridized carbons (Fsp3) is 0.571. The molecule has 2 heterocycles. The van der Waals surface area contributed by atoms with Crippen LogP contribution in [-0.2, 0) is 0 Å². The van der Waals surface area contributed by atoms with Crippen molar-refractivity contribution in [1.29, 1.82) is 0 Å². The van der Waals surface area contributed by atoms with Gasteiger partial charge in [-0.1, -0.05) is 12.1 Å². The van der Waals surface area contributed by atoms with Crippen LogP contribution in [0.4, 0.5) is 5.69 Å². The molecule has 1 spiro atoms. The number of hydrogen-bond donors (Lipinski definition) is 1. The van der Waals surface area contributed by atoms with Gasteiger partial charge in [-0.2, -0.15) is 0 Å². The Morgan fingerprint density at radius 3 is 2.88 bits per heavy atom. The fourth-order valence-corrected chi connectivity index (χ4v) is 3.07. The van der Waals surface area contributed by atoms with Crippen molar-refractivity contribution < 1.29 is 0 Å². The molecule has 1 N–H and O–H groups in total. The molecule has 0 unspecified atom stereocenters. The Labute approximate surface area is 97.6 Å². The lowest BCUT2D eigenvalue weighted by molar-refractivity contribution is 0.157. The van der Waals surface area contributed by atoms with Gasteiger partial charge in [0.1, 0.15) is 0 Å². The lowest BCUT2D eigenvalue weighted by atomic mass is 9.74. The first kappa shape index (κ1) is 10.2. The number of benzene rings is 1. The van der Waals surface area contributed by atoms with Crippen LogP contribution in [0.25, 0.3) is 0 Å². The van der Waals surface area contributed by atoms with Crippen molar-refractivity contribution in [3.63, 3.8) is 0 Å². The fourth-order valence-electron chi connectivity index (χ4n) is 3.07. The molecule has 3 rings (SSSR count). The Hall–Kier alpha value is -1.02. The van der Waals surface area contributed by atoms with Crippen LogP contribution in [-0.4, -0.2) is 26.2 Å². The SMILES string of the molecule is Cc1cccc(N2CC3(CCCNC3)C2)c1. The Kier molecular flexibility index (Phi) is 2.40. The maximum Gasteiger partial charge on any atom is 0.0369 e. The smallest absolute Gasteiger partial charge is 0.0369 e. The van der Waals surface area contributed by atoms with Crippen molar-refractivity contribution >= 4 is 5.69 Å². The van der Waals surface area contributed by atoms with Crippen LogP contribution < -0.4 is 10.2 Å². The normalized spacial score (nSPS) is 23.2. The van der Waals surface area contributed by atoms with Crippen molar-refractivity contribution in [3.8, 4) is 0 Å². The van der Waals surface area contributed by atoms with Crippen molar-refractivity contribution in [2.45, 2.75) is 19.8 Å². The Morgan fingerprint density at radius 1 is 1.31 bits per heavy atom. The van der Waals surface area contributed by atoms with Gasteiger partial charge in [0.2, 0.25) is 0 Å². The lowest BCUT2D eigenvalue weighted by Gasteiger charge is -2.53. The van der Waals surface area contributed by atoms with E-state index in [0.717, 1.165) is 0 Å². The Morgan fingerprint density at radius 2 is 2.19 bits per heavy atom. The molecular weight excluding hydrogens is 196 g/mol. The van der Waals surface area contributed by atoms with E-state index in [0.29, 0.717) is 5.41 Å². The first-order chi connectivity index (χ1) is 7.77. The molecular formula is C14H20N2. The zero-order valence-corrected chi connectivity index (χ0v) is 10.00. The van der Waals surface area contributed by atoms with Gasteiger partial charge in [-0.25, -0.2) is 0 Å². The molecule has 2 nitrogen and oxygen atoms in total. The van der Waals surface area contributed by atoms with Crippen LogP contribution in [0.15, 0.2) is 24.3 Å².